The predicted molar refractivity (Wildman–Crippen MR) is 77.5 cm³/mol. The Kier molecular flexibility index (Phi) is 5.23. The van der Waals surface area contributed by atoms with Gasteiger partial charge >= 0.3 is 0 Å². The zero-order valence-electron chi connectivity index (χ0n) is 12.0. The first-order valence-electron chi connectivity index (χ1n) is 7.35. The quantitative estimate of drug-likeness (QED) is 0.775. The van der Waals surface area contributed by atoms with Gasteiger partial charge in [-0.05, 0) is 45.2 Å². The van der Waals surface area contributed by atoms with Gasteiger partial charge < -0.3 is 15.2 Å². The summed E-state index contributed by atoms with van der Waals surface area (Å²) in [6, 6.07) is 6.27. The minimum absolute atomic E-state index is 0.0346. The Morgan fingerprint density at radius 1 is 1.37 bits per heavy atom. The summed E-state index contributed by atoms with van der Waals surface area (Å²) in [5.74, 6) is 0.917. The average molecular weight is 263 g/mol. The Hall–Kier alpha value is -1.06. The Morgan fingerprint density at radius 3 is 2.89 bits per heavy atom. The lowest BCUT2D eigenvalue weighted by Crippen LogP contribution is -2.26. The summed E-state index contributed by atoms with van der Waals surface area (Å²) in [4.78, 5) is 0. The van der Waals surface area contributed by atoms with Crippen LogP contribution in [0.25, 0.3) is 0 Å². The summed E-state index contributed by atoms with van der Waals surface area (Å²) in [5, 5.41) is 13.3. The third kappa shape index (κ3) is 3.95. The number of aryl methyl sites for hydroxylation is 1. The van der Waals surface area contributed by atoms with Crippen molar-refractivity contribution in [3.63, 3.8) is 0 Å². The van der Waals surface area contributed by atoms with Crippen molar-refractivity contribution in [3.05, 3.63) is 29.3 Å². The molecular weight excluding hydrogens is 238 g/mol. The monoisotopic (exact) mass is 263 g/mol. The van der Waals surface area contributed by atoms with Crippen LogP contribution in [0.5, 0.6) is 5.75 Å². The highest BCUT2D eigenvalue weighted by molar-refractivity contribution is 5.37. The average Bonchev–Trinajstić information content (AvgIpc) is 2.78. The maximum atomic E-state index is 9.87. The van der Waals surface area contributed by atoms with Gasteiger partial charge in [0.15, 0.2) is 0 Å². The van der Waals surface area contributed by atoms with Crippen LogP contribution in [-0.2, 0) is 6.54 Å². The second-order valence-corrected chi connectivity index (χ2v) is 5.44. The summed E-state index contributed by atoms with van der Waals surface area (Å²) in [7, 11) is 0. The molecule has 2 atom stereocenters. The van der Waals surface area contributed by atoms with Crippen molar-refractivity contribution < 1.29 is 9.84 Å². The number of aliphatic hydroxyl groups excluding tert-OH is 1. The molecule has 0 amide bonds. The number of hydrogen-bond acceptors (Lipinski definition) is 3. The van der Waals surface area contributed by atoms with Crippen LogP contribution in [0.4, 0.5) is 0 Å². The van der Waals surface area contributed by atoms with Gasteiger partial charge in [0, 0.05) is 12.1 Å². The van der Waals surface area contributed by atoms with E-state index in [0.29, 0.717) is 0 Å². The number of aliphatic hydroxyl groups is 1. The maximum Gasteiger partial charge on any atom is 0.124 e. The maximum absolute atomic E-state index is 9.87. The van der Waals surface area contributed by atoms with Crippen LogP contribution < -0.4 is 10.1 Å². The molecule has 19 heavy (non-hydrogen) atoms. The van der Waals surface area contributed by atoms with Crippen molar-refractivity contribution in [2.45, 2.75) is 58.3 Å². The summed E-state index contributed by atoms with van der Waals surface area (Å²) in [5.41, 5.74) is 2.43. The minimum Gasteiger partial charge on any atom is -0.487 e. The molecule has 0 bridgehead atoms. The van der Waals surface area contributed by atoms with Crippen molar-refractivity contribution >= 4 is 0 Å². The van der Waals surface area contributed by atoms with Gasteiger partial charge in [0.1, 0.15) is 11.9 Å². The lowest BCUT2D eigenvalue weighted by molar-refractivity contribution is 0.0597. The molecular formula is C16H25NO2. The van der Waals surface area contributed by atoms with Crippen LogP contribution in [-0.4, -0.2) is 23.9 Å². The summed E-state index contributed by atoms with van der Waals surface area (Å²) in [6.45, 7) is 6.10. The lowest BCUT2D eigenvalue weighted by atomic mass is 10.1. The van der Waals surface area contributed by atoms with Crippen LogP contribution >= 0.6 is 0 Å². The van der Waals surface area contributed by atoms with E-state index in [0.717, 1.165) is 44.5 Å². The third-order valence-electron chi connectivity index (χ3n) is 3.65. The van der Waals surface area contributed by atoms with Gasteiger partial charge in [-0.1, -0.05) is 24.6 Å². The van der Waals surface area contributed by atoms with E-state index in [9.17, 15) is 5.11 Å². The molecule has 3 heteroatoms. The van der Waals surface area contributed by atoms with Crippen molar-refractivity contribution in [1.82, 2.24) is 5.32 Å². The van der Waals surface area contributed by atoms with E-state index < -0.39 is 0 Å². The summed E-state index contributed by atoms with van der Waals surface area (Å²) >= 11 is 0. The van der Waals surface area contributed by atoms with Crippen molar-refractivity contribution in [2.75, 3.05) is 6.54 Å². The second kappa shape index (κ2) is 6.92. The van der Waals surface area contributed by atoms with E-state index in [4.69, 9.17) is 4.74 Å². The molecule has 1 saturated carbocycles. The van der Waals surface area contributed by atoms with Gasteiger partial charge in [-0.15, -0.1) is 0 Å². The minimum atomic E-state index is -0.308. The Morgan fingerprint density at radius 2 is 2.21 bits per heavy atom. The molecule has 1 aromatic carbocycles. The predicted octanol–water partition coefficient (Wildman–Crippen LogP) is 2.79. The second-order valence-electron chi connectivity index (χ2n) is 5.44. The topological polar surface area (TPSA) is 41.5 Å². The van der Waals surface area contributed by atoms with Crippen LogP contribution in [0.15, 0.2) is 18.2 Å². The summed E-state index contributed by atoms with van der Waals surface area (Å²) < 4.78 is 6.01. The fourth-order valence-corrected chi connectivity index (χ4v) is 2.57. The number of hydrogen-bond donors (Lipinski definition) is 2. The number of nitrogens with one attached hydrogen (secondary N) is 1. The molecule has 0 spiro atoms. The van der Waals surface area contributed by atoms with E-state index in [1.807, 2.05) is 6.07 Å². The smallest absolute Gasteiger partial charge is 0.124 e. The number of rotatable bonds is 6. The lowest BCUT2D eigenvalue weighted by Gasteiger charge is -2.20. The van der Waals surface area contributed by atoms with Gasteiger partial charge in [0.25, 0.3) is 0 Å². The zero-order valence-corrected chi connectivity index (χ0v) is 12.0. The van der Waals surface area contributed by atoms with E-state index in [-0.39, 0.29) is 12.2 Å². The van der Waals surface area contributed by atoms with E-state index >= 15 is 0 Å². The molecule has 106 valence electrons. The first-order chi connectivity index (χ1) is 9.20. The highest BCUT2D eigenvalue weighted by Crippen LogP contribution is 2.27. The van der Waals surface area contributed by atoms with Crippen LogP contribution in [0.3, 0.4) is 0 Å². The normalized spacial score (nSPS) is 22.7. The van der Waals surface area contributed by atoms with Crippen molar-refractivity contribution in [3.8, 4) is 5.75 Å². The van der Waals surface area contributed by atoms with E-state index in [2.05, 4.69) is 31.3 Å². The first kappa shape index (κ1) is 14.4. The summed E-state index contributed by atoms with van der Waals surface area (Å²) in [6.07, 6.45) is 3.66. The molecule has 1 aliphatic rings. The first-order valence-corrected chi connectivity index (χ1v) is 7.35. The van der Waals surface area contributed by atoms with Gasteiger partial charge in [-0.2, -0.15) is 0 Å². The molecule has 0 heterocycles. The number of benzene rings is 1. The molecule has 3 nitrogen and oxygen atoms in total. The van der Waals surface area contributed by atoms with Crippen LogP contribution in [0.2, 0.25) is 0 Å². The van der Waals surface area contributed by atoms with Crippen LogP contribution in [0, 0.1) is 6.92 Å². The standard InChI is InChI=1S/C16H25NO2/c1-3-9-17-11-13-10-12(2)7-8-15(13)19-16-6-4-5-14(16)18/h7-8,10,14,16-18H,3-6,9,11H2,1-2H3. The molecule has 0 saturated heterocycles. The molecule has 2 rings (SSSR count). The third-order valence-corrected chi connectivity index (χ3v) is 3.65. The Labute approximate surface area is 116 Å². The molecule has 0 radical (unpaired) electrons. The van der Waals surface area contributed by atoms with Crippen molar-refractivity contribution in [2.24, 2.45) is 0 Å². The molecule has 1 aromatic rings. The molecule has 0 aromatic heterocycles. The zero-order chi connectivity index (χ0) is 13.7. The van der Waals surface area contributed by atoms with Gasteiger partial charge in [-0.25, -0.2) is 0 Å². The highest BCUT2D eigenvalue weighted by atomic mass is 16.5. The van der Waals surface area contributed by atoms with Gasteiger partial charge in [0.05, 0.1) is 6.10 Å². The highest BCUT2D eigenvalue weighted by Gasteiger charge is 2.27. The van der Waals surface area contributed by atoms with Gasteiger partial charge in [0.2, 0.25) is 0 Å². The van der Waals surface area contributed by atoms with Gasteiger partial charge in [-0.3, -0.25) is 0 Å². The van der Waals surface area contributed by atoms with Crippen molar-refractivity contribution in [1.29, 1.82) is 0 Å². The molecule has 2 N–H and O–H groups in total. The fourth-order valence-electron chi connectivity index (χ4n) is 2.57. The largest absolute Gasteiger partial charge is 0.487 e. The SMILES string of the molecule is CCCNCc1cc(C)ccc1OC1CCCC1O. The Bertz CT molecular complexity index is 406. The van der Waals surface area contributed by atoms with Crippen LogP contribution in [0.1, 0.15) is 43.7 Å². The Balaban J connectivity index is 2.05. The van der Waals surface area contributed by atoms with E-state index in [1.165, 1.54) is 11.1 Å². The van der Waals surface area contributed by atoms with E-state index in [1.54, 1.807) is 0 Å². The molecule has 0 aliphatic heterocycles. The molecule has 1 aliphatic carbocycles. The fraction of sp³-hybridized carbons (Fsp3) is 0.625. The number of ether oxygens (including phenoxy) is 1. The molecule has 2 unspecified atom stereocenters. The molecule has 1 fully saturated rings.